The molecule has 1 heterocycles. The summed E-state index contributed by atoms with van der Waals surface area (Å²) in [5.74, 6) is 0.442. The summed E-state index contributed by atoms with van der Waals surface area (Å²) in [5.41, 5.74) is 1.40. The van der Waals surface area contributed by atoms with Gasteiger partial charge >= 0.3 is 0 Å². The lowest BCUT2D eigenvalue weighted by Gasteiger charge is -2.41. The summed E-state index contributed by atoms with van der Waals surface area (Å²) in [7, 11) is -4.67. The monoisotopic (exact) mass is 507 g/mol. The fourth-order valence-electron chi connectivity index (χ4n) is 4.52. The normalized spacial score (nSPS) is 18.0. The Morgan fingerprint density at radius 3 is 2.09 bits per heavy atom. The summed E-state index contributed by atoms with van der Waals surface area (Å²) in [4.78, 5) is 2.41. The number of nitrogens with one attached hydrogen (secondary N) is 1. The zero-order valence-corrected chi connectivity index (χ0v) is 21.3. The van der Waals surface area contributed by atoms with E-state index in [1.54, 1.807) is 6.07 Å². The van der Waals surface area contributed by atoms with Crippen LogP contribution in [-0.4, -0.2) is 61.0 Å². The zero-order valence-electron chi connectivity index (χ0n) is 19.7. The van der Waals surface area contributed by atoms with Gasteiger partial charge in [0.05, 0.1) is 34.4 Å². The molecule has 0 atom stereocenters. The van der Waals surface area contributed by atoms with Gasteiger partial charge in [0.2, 0.25) is 10.0 Å². The largest absolute Gasteiger partial charge is 0.381 e. The van der Waals surface area contributed by atoms with E-state index in [1.165, 1.54) is 57.6 Å². The lowest BCUT2D eigenvalue weighted by molar-refractivity contribution is -0.0285. The fourth-order valence-corrected chi connectivity index (χ4v) is 6.50. The minimum Gasteiger partial charge on any atom is -0.381 e. The number of para-hydroxylation sites is 2. The van der Waals surface area contributed by atoms with Gasteiger partial charge < -0.3 is 9.64 Å². The molecule has 0 spiro atoms. The topological polar surface area (TPSA) is 96.0 Å². The van der Waals surface area contributed by atoms with Gasteiger partial charge in [-0.25, -0.2) is 21.1 Å². The van der Waals surface area contributed by atoms with Crippen molar-refractivity contribution in [2.75, 3.05) is 43.5 Å². The van der Waals surface area contributed by atoms with Crippen LogP contribution in [0.1, 0.15) is 32.1 Å². The summed E-state index contributed by atoms with van der Waals surface area (Å²) < 4.78 is 60.3. The van der Waals surface area contributed by atoms with Crippen LogP contribution in [0, 0.1) is 5.92 Å². The van der Waals surface area contributed by atoms with E-state index in [1.807, 2.05) is 18.2 Å². The third-order valence-electron chi connectivity index (χ3n) is 6.55. The molecule has 1 saturated carbocycles. The molecule has 0 unspecified atom stereocenters. The second-order valence-electron chi connectivity index (χ2n) is 9.23. The Morgan fingerprint density at radius 1 is 0.882 bits per heavy atom. The molecule has 1 N–H and O–H groups in total. The van der Waals surface area contributed by atoms with Crippen LogP contribution in [0.15, 0.2) is 58.3 Å². The van der Waals surface area contributed by atoms with Crippen molar-refractivity contribution >= 4 is 31.4 Å². The highest BCUT2D eigenvalue weighted by atomic mass is 32.2. The van der Waals surface area contributed by atoms with Crippen molar-refractivity contribution in [2.45, 2.75) is 47.9 Å². The van der Waals surface area contributed by atoms with Crippen molar-refractivity contribution < 1.29 is 21.6 Å². The van der Waals surface area contributed by atoms with Crippen LogP contribution in [0.4, 0.5) is 11.4 Å². The van der Waals surface area contributed by atoms with Gasteiger partial charge in [0.15, 0.2) is 0 Å². The van der Waals surface area contributed by atoms with Crippen LogP contribution in [-0.2, 0) is 24.8 Å². The fraction of sp³-hybridized carbons (Fsp3) is 0.500. The van der Waals surface area contributed by atoms with Gasteiger partial charge in [0.25, 0.3) is 10.0 Å². The van der Waals surface area contributed by atoms with E-state index in [9.17, 15) is 16.8 Å². The van der Waals surface area contributed by atoms with Crippen LogP contribution in [0.5, 0.6) is 0 Å². The van der Waals surface area contributed by atoms with E-state index in [2.05, 4.69) is 9.62 Å². The van der Waals surface area contributed by atoms with Gasteiger partial charge in [-0.2, -0.15) is 0 Å². The molecule has 1 saturated heterocycles. The summed E-state index contributed by atoms with van der Waals surface area (Å²) in [6, 6.07) is 13.2. The highest BCUT2D eigenvalue weighted by Crippen LogP contribution is 2.35. The quantitative estimate of drug-likeness (QED) is 0.558. The number of ether oxygens (including phenoxy) is 1. The molecule has 34 heavy (non-hydrogen) atoms. The highest BCUT2D eigenvalue weighted by molar-refractivity contribution is 7.92. The molecule has 8 nitrogen and oxygen atoms in total. The Balaban J connectivity index is 1.61. The average molecular weight is 508 g/mol. The average Bonchev–Trinajstić information content (AvgIpc) is 2.79. The molecule has 1 aliphatic carbocycles. The molecule has 0 amide bonds. The number of anilines is 2. The molecule has 2 fully saturated rings. The predicted octanol–water partition coefficient (Wildman–Crippen LogP) is 3.52. The molecular weight excluding hydrogens is 474 g/mol. The van der Waals surface area contributed by atoms with Gasteiger partial charge in [-0.15, -0.1) is 0 Å². The molecule has 0 aromatic heterocycles. The van der Waals surface area contributed by atoms with E-state index in [4.69, 9.17) is 4.74 Å². The molecule has 2 aromatic carbocycles. The lowest BCUT2D eigenvalue weighted by atomic mass is 9.92. The second kappa shape index (κ2) is 10.2. The number of nitrogens with zero attached hydrogens (tertiary/aromatic N) is 2. The van der Waals surface area contributed by atoms with Crippen molar-refractivity contribution in [1.82, 2.24) is 4.31 Å². The Labute approximate surface area is 203 Å². The molecule has 0 radical (unpaired) electrons. The maximum absolute atomic E-state index is 13.2. The first-order valence-electron chi connectivity index (χ1n) is 11.7. The van der Waals surface area contributed by atoms with E-state index >= 15 is 0 Å². The smallest absolute Gasteiger partial charge is 0.261 e. The van der Waals surface area contributed by atoms with E-state index in [0.29, 0.717) is 17.6 Å². The molecule has 186 valence electrons. The van der Waals surface area contributed by atoms with Crippen molar-refractivity contribution in [3.05, 3.63) is 48.5 Å². The number of benzene rings is 2. The first-order chi connectivity index (χ1) is 16.2. The SMILES string of the molecule is CN(C)S(=O)(=O)c1ccc(S(=O)(=O)Nc2ccccc2N(CC2COC2)C2CCCCC2)cc1. The van der Waals surface area contributed by atoms with Gasteiger partial charge in [-0.1, -0.05) is 31.4 Å². The summed E-state index contributed by atoms with van der Waals surface area (Å²) >= 11 is 0. The van der Waals surface area contributed by atoms with Crippen molar-refractivity contribution in [2.24, 2.45) is 5.92 Å². The van der Waals surface area contributed by atoms with E-state index in [-0.39, 0.29) is 9.79 Å². The zero-order chi connectivity index (χ0) is 24.3. The molecule has 2 aliphatic rings. The van der Waals surface area contributed by atoms with Gasteiger partial charge in [0, 0.05) is 32.6 Å². The second-order valence-corrected chi connectivity index (χ2v) is 13.1. The highest BCUT2D eigenvalue weighted by Gasteiger charge is 2.29. The third-order valence-corrected chi connectivity index (χ3v) is 9.76. The lowest BCUT2D eigenvalue weighted by Crippen LogP contribution is -2.45. The van der Waals surface area contributed by atoms with Crippen LogP contribution in [0.25, 0.3) is 0 Å². The van der Waals surface area contributed by atoms with Crippen molar-refractivity contribution in [3.8, 4) is 0 Å². The van der Waals surface area contributed by atoms with Crippen LogP contribution in [0.2, 0.25) is 0 Å². The first-order valence-corrected chi connectivity index (χ1v) is 14.6. The summed E-state index contributed by atoms with van der Waals surface area (Å²) in [5, 5.41) is 0. The number of hydrogen-bond donors (Lipinski definition) is 1. The Bertz CT molecular complexity index is 1190. The Kier molecular flexibility index (Phi) is 7.51. The maximum atomic E-state index is 13.2. The third kappa shape index (κ3) is 5.40. The maximum Gasteiger partial charge on any atom is 0.261 e. The Morgan fingerprint density at radius 2 is 1.50 bits per heavy atom. The summed E-state index contributed by atoms with van der Waals surface area (Å²) in [6.45, 7) is 2.30. The standard InChI is InChI=1S/C24H33N3O5S2/c1-26(2)34(30,31)22-14-12-21(13-15-22)33(28,29)25-23-10-6-7-11-24(23)27(16-19-17-32-18-19)20-8-4-3-5-9-20/h6-7,10-15,19-20,25H,3-5,8-9,16-18H2,1-2H3. The van der Waals surface area contributed by atoms with Gasteiger partial charge in [0.1, 0.15) is 0 Å². The molecule has 1 aliphatic heterocycles. The first kappa shape index (κ1) is 25.0. The number of sulfonamides is 2. The molecular formula is C24H33N3O5S2. The minimum atomic E-state index is -3.91. The van der Waals surface area contributed by atoms with Crippen LogP contribution >= 0.6 is 0 Å². The van der Waals surface area contributed by atoms with E-state index in [0.717, 1.165) is 42.6 Å². The molecule has 4 rings (SSSR count). The van der Waals surface area contributed by atoms with Crippen molar-refractivity contribution in [1.29, 1.82) is 0 Å². The summed E-state index contributed by atoms with van der Waals surface area (Å²) in [6.07, 6.45) is 5.79. The molecule has 10 heteroatoms. The van der Waals surface area contributed by atoms with Crippen LogP contribution in [0.3, 0.4) is 0 Å². The van der Waals surface area contributed by atoms with Crippen molar-refractivity contribution in [3.63, 3.8) is 0 Å². The molecule has 2 aromatic rings. The van der Waals surface area contributed by atoms with Gasteiger partial charge in [-0.05, 0) is 49.2 Å². The van der Waals surface area contributed by atoms with Gasteiger partial charge in [-0.3, -0.25) is 4.72 Å². The number of hydrogen-bond acceptors (Lipinski definition) is 6. The predicted molar refractivity (Wildman–Crippen MR) is 133 cm³/mol. The van der Waals surface area contributed by atoms with E-state index < -0.39 is 20.0 Å². The Hall–Kier alpha value is -2.14. The minimum absolute atomic E-state index is 0.0108. The number of rotatable bonds is 9. The molecule has 0 bridgehead atoms. The van der Waals surface area contributed by atoms with Crippen LogP contribution < -0.4 is 9.62 Å².